The van der Waals surface area contributed by atoms with Gasteiger partial charge in [-0.1, -0.05) is 42.0 Å². The molecule has 6 heteroatoms. The van der Waals surface area contributed by atoms with Crippen LogP contribution in [0.3, 0.4) is 0 Å². The number of nitrogens with one attached hydrogen (secondary N) is 1. The molecular weight excluding hydrogens is 290 g/mol. The van der Waals surface area contributed by atoms with Gasteiger partial charge in [-0.25, -0.2) is 4.79 Å². The van der Waals surface area contributed by atoms with E-state index in [1.54, 1.807) is 4.68 Å². The molecule has 23 heavy (non-hydrogen) atoms. The first kappa shape index (κ1) is 14.2. The summed E-state index contributed by atoms with van der Waals surface area (Å²) in [5.74, 6) is 0.541. The summed E-state index contributed by atoms with van der Waals surface area (Å²) >= 11 is 0. The molecule has 1 spiro atoms. The van der Waals surface area contributed by atoms with Crippen LogP contribution < -0.4 is 5.32 Å². The topological polar surface area (TPSA) is 63.1 Å². The number of hydrogen-bond donors (Lipinski definition) is 1. The Hall–Kier alpha value is -2.37. The van der Waals surface area contributed by atoms with Crippen LogP contribution in [0.15, 0.2) is 30.3 Å². The van der Waals surface area contributed by atoms with E-state index in [4.69, 9.17) is 0 Å². The average Bonchev–Trinajstić information content (AvgIpc) is 2.78. The second-order valence-corrected chi connectivity index (χ2v) is 6.73. The highest BCUT2D eigenvalue weighted by atomic mass is 16.2. The summed E-state index contributed by atoms with van der Waals surface area (Å²) < 4.78 is 1.66. The van der Waals surface area contributed by atoms with Crippen molar-refractivity contribution in [2.24, 2.45) is 12.5 Å². The van der Waals surface area contributed by atoms with Crippen molar-refractivity contribution in [3.05, 3.63) is 41.6 Å². The van der Waals surface area contributed by atoms with Gasteiger partial charge in [0.2, 0.25) is 0 Å². The van der Waals surface area contributed by atoms with Gasteiger partial charge in [-0.05, 0) is 25.3 Å². The van der Waals surface area contributed by atoms with Crippen LogP contribution in [0, 0.1) is 12.3 Å². The van der Waals surface area contributed by atoms with E-state index in [0.717, 1.165) is 12.2 Å². The van der Waals surface area contributed by atoms with Gasteiger partial charge in [0.05, 0.1) is 11.7 Å². The van der Waals surface area contributed by atoms with E-state index >= 15 is 0 Å². The third-order valence-corrected chi connectivity index (χ3v) is 5.43. The van der Waals surface area contributed by atoms with E-state index in [-0.39, 0.29) is 17.5 Å². The number of likely N-dealkylation sites (tertiary alicyclic amines) is 1. The van der Waals surface area contributed by atoms with E-state index < -0.39 is 0 Å². The maximum Gasteiger partial charge on any atom is 0.323 e. The van der Waals surface area contributed by atoms with Crippen LogP contribution >= 0.6 is 0 Å². The average molecular weight is 311 g/mol. The zero-order valence-corrected chi connectivity index (χ0v) is 13.5. The first-order valence-electron chi connectivity index (χ1n) is 8.10. The van der Waals surface area contributed by atoms with Gasteiger partial charge in [0.25, 0.3) is 0 Å². The number of anilines is 1. The number of amides is 2. The number of nitrogens with zero attached hydrogens (tertiary/aromatic N) is 4. The van der Waals surface area contributed by atoms with Crippen molar-refractivity contribution in [3.63, 3.8) is 0 Å². The summed E-state index contributed by atoms with van der Waals surface area (Å²) in [5, 5.41) is 10.9. The molecule has 1 N–H and O–H groups in total. The molecule has 0 radical (unpaired) electrons. The van der Waals surface area contributed by atoms with E-state index in [1.807, 2.05) is 37.1 Å². The van der Waals surface area contributed by atoms with Gasteiger partial charge in [-0.3, -0.25) is 10.00 Å². The van der Waals surface area contributed by atoms with Crippen molar-refractivity contribution in [1.82, 2.24) is 19.9 Å². The Morgan fingerprint density at radius 1 is 1.30 bits per heavy atom. The summed E-state index contributed by atoms with van der Waals surface area (Å²) in [6.07, 6.45) is 3.68. The zero-order chi connectivity index (χ0) is 16.0. The van der Waals surface area contributed by atoms with Crippen LogP contribution in [0.4, 0.5) is 10.6 Å². The Morgan fingerprint density at radius 3 is 2.61 bits per heavy atom. The Balaban J connectivity index is 1.56. The monoisotopic (exact) mass is 311 g/mol. The smallest absolute Gasteiger partial charge is 0.316 e. The molecule has 1 aliphatic heterocycles. The molecule has 120 valence electrons. The molecule has 1 aliphatic carbocycles. The second-order valence-electron chi connectivity index (χ2n) is 6.73. The summed E-state index contributed by atoms with van der Waals surface area (Å²) in [6, 6.07) is 10.4. The predicted molar refractivity (Wildman–Crippen MR) is 86.9 cm³/mol. The van der Waals surface area contributed by atoms with E-state index in [9.17, 15) is 4.79 Å². The summed E-state index contributed by atoms with van der Waals surface area (Å²) in [6.45, 7) is 2.73. The number of rotatable bonds is 2. The number of carbonyl (C=O) groups is 1. The number of aryl methyl sites for hydroxylation is 1. The molecule has 6 nitrogen and oxygen atoms in total. The minimum atomic E-state index is -0.0834. The lowest BCUT2D eigenvalue weighted by Crippen LogP contribution is -2.64. The van der Waals surface area contributed by atoms with E-state index in [1.165, 1.54) is 24.8 Å². The Labute approximate surface area is 135 Å². The highest BCUT2D eigenvalue weighted by Gasteiger charge is 2.58. The summed E-state index contributed by atoms with van der Waals surface area (Å²) in [4.78, 5) is 14.6. The fourth-order valence-electron chi connectivity index (χ4n) is 3.85. The maximum atomic E-state index is 12.7. The molecule has 0 bridgehead atoms. The molecular formula is C17H21N5O. The first-order valence-corrected chi connectivity index (χ1v) is 8.10. The van der Waals surface area contributed by atoms with Crippen LogP contribution in [-0.2, 0) is 7.05 Å². The molecule has 1 saturated carbocycles. The molecule has 1 saturated heterocycles. The predicted octanol–water partition coefficient (Wildman–Crippen LogP) is 2.88. The largest absolute Gasteiger partial charge is 0.323 e. The van der Waals surface area contributed by atoms with Crippen molar-refractivity contribution < 1.29 is 4.79 Å². The fourth-order valence-corrected chi connectivity index (χ4v) is 3.85. The summed E-state index contributed by atoms with van der Waals surface area (Å²) in [5.41, 5.74) is 2.37. The van der Waals surface area contributed by atoms with E-state index in [0.29, 0.717) is 5.82 Å². The van der Waals surface area contributed by atoms with Gasteiger partial charge >= 0.3 is 6.03 Å². The quantitative estimate of drug-likeness (QED) is 0.927. The third kappa shape index (κ3) is 2.12. The first-order chi connectivity index (χ1) is 11.1. The highest BCUT2D eigenvalue weighted by Crippen LogP contribution is 2.60. The van der Waals surface area contributed by atoms with Crippen LogP contribution in [0.5, 0.6) is 0 Å². The zero-order valence-electron chi connectivity index (χ0n) is 13.5. The van der Waals surface area contributed by atoms with Gasteiger partial charge in [-0.2, -0.15) is 0 Å². The molecule has 0 unspecified atom stereocenters. The normalized spacial score (nSPS) is 21.7. The van der Waals surface area contributed by atoms with Crippen LogP contribution in [0.2, 0.25) is 0 Å². The highest BCUT2D eigenvalue weighted by molar-refractivity contribution is 5.90. The number of urea groups is 1. The van der Waals surface area contributed by atoms with Crippen LogP contribution in [0.1, 0.15) is 36.6 Å². The molecule has 1 aromatic carbocycles. The molecule has 2 amide bonds. The van der Waals surface area contributed by atoms with Crippen LogP contribution in [-0.4, -0.2) is 32.5 Å². The third-order valence-electron chi connectivity index (χ3n) is 5.43. The lowest BCUT2D eigenvalue weighted by atomic mass is 9.56. The lowest BCUT2D eigenvalue weighted by molar-refractivity contribution is -0.0970. The number of carbonyl (C=O) groups excluding carboxylic acids is 1. The minimum absolute atomic E-state index is 0.0834. The number of aromatic nitrogens is 3. The Bertz CT molecular complexity index is 735. The fraction of sp³-hybridized carbons (Fsp3) is 0.471. The summed E-state index contributed by atoms with van der Waals surface area (Å²) in [7, 11) is 1.82. The van der Waals surface area contributed by atoms with Gasteiger partial charge in [0.15, 0.2) is 5.82 Å². The molecule has 2 aromatic rings. The van der Waals surface area contributed by atoms with Gasteiger partial charge in [-0.15, -0.1) is 5.10 Å². The molecule has 1 atom stereocenters. The standard InChI is InChI=1S/C17H21N5O/c1-12-15(19-20-21(12)2)18-16(23)22-11-17(9-6-10-17)14(22)13-7-4-3-5-8-13/h3-5,7-8,14H,6,9-11H2,1-2H3,(H,18,23)/t14-/m1/s1. The van der Waals surface area contributed by atoms with Gasteiger partial charge < -0.3 is 4.90 Å². The Kier molecular flexibility index (Phi) is 3.14. The van der Waals surface area contributed by atoms with Crippen LogP contribution in [0.25, 0.3) is 0 Å². The van der Waals surface area contributed by atoms with Crippen molar-refractivity contribution in [1.29, 1.82) is 0 Å². The van der Waals surface area contributed by atoms with Gasteiger partial charge in [0, 0.05) is 19.0 Å². The molecule has 1 aromatic heterocycles. The molecule has 2 fully saturated rings. The second kappa shape index (κ2) is 5.08. The number of hydrogen-bond acceptors (Lipinski definition) is 3. The lowest BCUT2D eigenvalue weighted by Gasteiger charge is -2.62. The minimum Gasteiger partial charge on any atom is -0.316 e. The Morgan fingerprint density at radius 2 is 2.04 bits per heavy atom. The molecule has 2 aliphatic rings. The molecule has 2 heterocycles. The van der Waals surface area contributed by atoms with Gasteiger partial charge in [0.1, 0.15) is 0 Å². The van der Waals surface area contributed by atoms with Crippen molar-refractivity contribution in [2.45, 2.75) is 32.2 Å². The van der Waals surface area contributed by atoms with Crippen molar-refractivity contribution in [3.8, 4) is 0 Å². The van der Waals surface area contributed by atoms with Crippen molar-refractivity contribution >= 4 is 11.8 Å². The molecule has 4 rings (SSSR count). The van der Waals surface area contributed by atoms with Crippen molar-refractivity contribution in [2.75, 3.05) is 11.9 Å². The SMILES string of the molecule is Cc1c(NC(=O)N2CC3(CCC3)[C@H]2c2ccccc2)nnn1C. The maximum absolute atomic E-state index is 12.7. The van der Waals surface area contributed by atoms with E-state index in [2.05, 4.69) is 27.8 Å². The number of benzene rings is 1.